The molecule has 2 fully saturated rings. The summed E-state index contributed by atoms with van der Waals surface area (Å²) in [6, 6.07) is 8.15. The number of para-hydroxylation sites is 2. The highest BCUT2D eigenvalue weighted by atomic mass is 16.6. The van der Waals surface area contributed by atoms with Crippen LogP contribution >= 0.6 is 0 Å². The van der Waals surface area contributed by atoms with Gasteiger partial charge in [-0.1, -0.05) is 12.1 Å². The lowest BCUT2D eigenvalue weighted by molar-refractivity contribution is 0.152. The van der Waals surface area contributed by atoms with Gasteiger partial charge in [-0.15, -0.1) is 0 Å². The summed E-state index contributed by atoms with van der Waals surface area (Å²) in [7, 11) is 1.71. The highest BCUT2D eigenvalue weighted by Crippen LogP contribution is 2.28. The zero-order valence-corrected chi connectivity index (χ0v) is 13.0. The zero-order valence-electron chi connectivity index (χ0n) is 13.0. The lowest BCUT2D eigenvalue weighted by Crippen LogP contribution is -2.48. The number of benzene rings is 1. The number of amides is 1. The molecule has 3 rings (SSSR count). The first-order chi connectivity index (χ1) is 10.8. The molecular weight excluding hydrogens is 282 g/mol. The van der Waals surface area contributed by atoms with Crippen LogP contribution in [0, 0.1) is 0 Å². The smallest absolute Gasteiger partial charge is 0.409 e. The first kappa shape index (κ1) is 15.0. The number of hydrogen-bond acceptors (Lipinski definition) is 5. The number of carbonyl (C=O) groups is 1. The molecule has 0 unspecified atom stereocenters. The lowest BCUT2D eigenvalue weighted by atomic mass is 10.2. The van der Waals surface area contributed by atoms with Crippen LogP contribution in [-0.4, -0.2) is 75.4 Å². The molecule has 0 N–H and O–H groups in total. The molecular formula is C16H23N3O3. The number of piperazine rings is 1. The highest BCUT2D eigenvalue weighted by molar-refractivity contribution is 5.69. The Morgan fingerprint density at radius 1 is 1.09 bits per heavy atom. The average molecular weight is 305 g/mol. The minimum atomic E-state index is -0.173. The summed E-state index contributed by atoms with van der Waals surface area (Å²) < 4.78 is 10.4. The van der Waals surface area contributed by atoms with E-state index in [1.807, 2.05) is 18.2 Å². The Bertz CT molecular complexity index is 515. The Kier molecular flexibility index (Phi) is 4.68. The normalized spacial score (nSPS) is 19.4. The Balaban J connectivity index is 1.49. The number of hydrogen-bond donors (Lipinski definition) is 0. The molecule has 1 aromatic carbocycles. The summed E-state index contributed by atoms with van der Waals surface area (Å²) in [6.07, 6.45) is -0.173. The second kappa shape index (κ2) is 6.87. The minimum Gasteiger partial charge on any atom is -0.495 e. The Labute approximate surface area is 131 Å². The van der Waals surface area contributed by atoms with Gasteiger partial charge in [0.25, 0.3) is 0 Å². The molecule has 2 heterocycles. The first-order valence-corrected chi connectivity index (χ1v) is 7.80. The van der Waals surface area contributed by atoms with Crippen molar-refractivity contribution in [2.24, 2.45) is 0 Å². The van der Waals surface area contributed by atoms with Crippen molar-refractivity contribution >= 4 is 11.8 Å². The number of cyclic esters (lactones) is 1. The largest absolute Gasteiger partial charge is 0.495 e. The van der Waals surface area contributed by atoms with Crippen molar-refractivity contribution in [2.45, 2.75) is 0 Å². The van der Waals surface area contributed by atoms with Crippen molar-refractivity contribution in [3.8, 4) is 5.75 Å². The van der Waals surface area contributed by atoms with E-state index >= 15 is 0 Å². The van der Waals surface area contributed by atoms with E-state index in [4.69, 9.17) is 9.47 Å². The van der Waals surface area contributed by atoms with Crippen LogP contribution in [-0.2, 0) is 4.74 Å². The molecule has 2 aliphatic heterocycles. The second-order valence-electron chi connectivity index (χ2n) is 5.60. The highest BCUT2D eigenvalue weighted by Gasteiger charge is 2.24. The topological polar surface area (TPSA) is 45.2 Å². The van der Waals surface area contributed by atoms with Gasteiger partial charge in [0.05, 0.1) is 19.3 Å². The van der Waals surface area contributed by atoms with Crippen LogP contribution in [0.1, 0.15) is 0 Å². The van der Waals surface area contributed by atoms with Gasteiger partial charge in [-0.2, -0.15) is 0 Å². The maximum Gasteiger partial charge on any atom is 0.409 e. The minimum absolute atomic E-state index is 0.173. The van der Waals surface area contributed by atoms with Crippen molar-refractivity contribution < 1.29 is 14.3 Å². The number of anilines is 1. The fourth-order valence-electron chi connectivity index (χ4n) is 2.99. The van der Waals surface area contributed by atoms with Crippen LogP contribution in [0.15, 0.2) is 24.3 Å². The third-order valence-corrected chi connectivity index (χ3v) is 4.33. The van der Waals surface area contributed by atoms with Gasteiger partial charge in [0.1, 0.15) is 12.4 Å². The summed E-state index contributed by atoms with van der Waals surface area (Å²) in [6.45, 7) is 6.88. The Hall–Kier alpha value is -1.95. The number of rotatable bonds is 5. The van der Waals surface area contributed by atoms with Gasteiger partial charge in [-0.05, 0) is 12.1 Å². The maximum atomic E-state index is 11.4. The molecule has 120 valence electrons. The lowest BCUT2D eigenvalue weighted by Gasteiger charge is -2.37. The van der Waals surface area contributed by atoms with E-state index in [1.165, 1.54) is 0 Å². The van der Waals surface area contributed by atoms with E-state index < -0.39 is 0 Å². The summed E-state index contributed by atoms with van der Waals surface area (Å²) in [5.41, 5.74) is 1.16. The van der Waals surface area contributed by atoms with Gasteiger partial charge in [0.15, 0.2) is 0 Å². The predicted octanol–water partition coefficient (Wildman–Crippen LogP) is 1.27. The maximum absolute atomic E-state index is 11.4. The average Bonchev–Trinajstić information content (AvgIpc) is 2.98. The first-order valence-electron chi connectivity index (χ1n) is 7.80. The van der Waals surface area contributed by atoms with Crippen molar-refractivity contribution in [3.63, 3.8) is 0 Å². The van der Waals surface area contributed by atoms with Crippen molar-refractivity contribution in [1.82, 2.24) is 9.80 Å². The summed E-state index contributed by atoms with van der Waals surface area (Å²) in [5.74, 6) is 0.927. The van der Waals surface area contributed by atoms with Gasteiger partial charge >= 0.3 is 6.09 Å². The van der Waals surface area contributed by atoms with Gasteiger partial charge in [0, 0.05) is 39.3 Å². The molecule has 2 aliphatic rings. The van der Waals surface area contributed by atoms with Crippen LogP contribution in [0.4, 0.5) is 10.5 Å². The molecule has 0 atom stereocenters. The van der Waals surface area contributed by atoms with Gasteiger partial charge < -0.3 is 19.3 Å². The van der Waals surface area contributed by atoms with Crippen molar-refractivity contribution in [2.75, 3.05) is 64.4 Å². The van der Waals surface area contributed by atoms with E-state index in [9.17, 15) is 4.79 Å². The van der Waals surface area contributed by atoms with Gasteiger partial charge in [0.2, 0.25) is 0 Å². The van der Waals surface area contributed by atoms with Crippen molar-refractivity contribution in [1.29, 1.82) is 0 Å². The number of methoxy groups -OCH3 is 1. The summed E-state index contributed by atoms with van der Waals surface area (Å²) >= 11 is 0. The standard InChI is InChI=1S/C16H23N3O3/c1-21-15-5-3-2-4-14(15)18-9-6-17(7-10-18)8-11-19-12-13-22-16(19)20/h2-5H,6-13H2,1H3. The van der Waals surface area contributed by atoms with Crippen LogP contribution in [0.3, 0.4) is 0 Å². The Morgan fingerprint density at radius 3 is 2.55 bits per heavy atom. The van der Waals surface area contributed by atoms with Crippen LogP contribution in [0.2, 0.25) is 0 Å². The second-order valence-corrected chi connectivity index (χ2v) is 5.60. The third kappa shape index (κ3) is 3.27. The van der Waals surface area contributed by atoms with E-state index in [0.29, 0.717) is 6.61 Å². The molecule has 0 radical (unpaired) electrons. The quantitative estimate of drug-likeness (QED) is 0.820. The van der Waals surface area contributed by atoms with E-state index in [0.717, 1.165) is 57.3 Å². The van der Waals surface area contributed by atoms with E-state index in [-0.39, 0.29) is 6.09 Å². The van der Waals surface area contributed by atoms with Crippen LogP contribution in [0.5, 0.6) is 5.75 Å². The molecule has 1 aromatic rings. The van der Waals surface area contributed by atoms with Crippen LogP contribution < -0.4 is 9.64 Å². The number of ether oxygens (including phenoxy) is 2. The van der Waals surface area contributed by atoms with Crippen molar-refractivity contribution in [3.05, 3.63) is 24.3 Å². The molecule has 0 spiro atoms. The fourth-order valence-corrected chi connectivity index (χ4v) is 2.99. The summed E-state index contributed by atoms with van der Waals surface area (Å²) in [5, 5.41) is 0. The number of nitrogens with zero attached hydrogens (tertiary/aromatic N) is 3. The van der Waals surface area contributed by atoms with Gasteiger partial charge in [-0.25, -0.2) is 4.79 Å². The molecule has 6 heteroatoms. The molecule has 0 aromatic heterocycles. The summed E-state index contributed by atoms with van der Waals surface area (Å²) in [4.78, 5) is 18.0. The molecule has 6 nitrogen and oxygen atoms in total. The third-order valence-electron chi connectivity index (χ3n) is 4.33. The molecule has 0 bridgehead atoms. The van der Waals surface area contributed by atoms with E-state index in [2.05, 4.69) is 15.9 Å². The van der Waals surface area contributed by atoms with Gasteiger partial charge in [-0.3, -0.25) is 4.90 Å². The molecule has 2 saturated heterocycles. The predicted molar refractivity (Wildman–Crippen MR) is 84.6 cm³/mol. The molecule has 1 amide bonds. The van der Waals surface area contributed by atoms with E-state index in [1.54, 1.807) is 12.0 Å². The monoisotopic (exact) mass is 305 g/mol. The molecule has 0 aliphatic carbocycles. The van der Waals surface area contributed by atoms with Crippen LogP contribution in [0.25, 0.3) is 0 Å². The Morgan fingerprint density at radius 2 is 1.86 bits per heavy atom. The SMILES string of the molecule is COc1ccccc1N1CCN(CCN2CCOC2=O)CC1. The fraction of sp³-hybridized carbons (Fsp3) is 0.562. The zero-order chi connectivity index (χ0) is 15.4. The number of carbonyl (C=O) groups excluding carboxylic acids is 1. The molecule has 0 saturated carbocycles. The molecule has 22 heavy (non-hydrogen) atoms.